The molecule has 1 saturated heterocycles. The molecule has 2 aromatic rings. The van der Waals surface area contributed by atoms with Crippen LogP contribution in [0.5, 0.6) is 0 Å². The summed E-state index contributed by atoms with van der Waals surface area (Å²) in [5.41, 5.74) is 1.02. The number of piperazine rings is 1. The molecule has 0 aromatic carbocycles. The summed E-state index contributed by atoms with van der Waals surface area (Å²) < 4.78 is 6.73. The fourth-order valence-corrected chi connectivity index (χ4v) is 2.41. The Morgan fingerprint density at radius 3 is 2.40 bits per heavy atom. The van der Waals surface area contributed by atoms with Crippen molar-refractivity contribution in [3.8, 4) is 0 Å². The third-order valence-electron chi connectivity index (χ3n) is 3.44. The number of hydrogen-bond acceptors (Lipinski definition) is 7. The van der Waals surface area contributed by atoms with Crippen molar-refractivity contribution in [1.82, 2.24) is 34.9 Å². The van der Waals surface area contributed by atoms with Crippen molar-refractivity contribution in [1.29, 1.82) is 0 Å². The SMILES string of the molecule is Cc1nc(CN2CCN(Cc3cn(C)nn3)CC2)no1. The summed E-state index contributed by atoms with van der Waals surface area (Å²) >= 11 is 0. The number of rotatable bonds is 4. The van der Waals surface area contributed by atoms with E-state index in [2.05, 4.69) is 30.3 Å². The summed E-state index contributed by atoms with van der Waals surface area (Å²) in [6.07, 6.45) is 1.97. The molecule has 2 aromatic heterocycles. The van der Waals surface area contributed by atoms with Gasteiger partial charge in [-0.2, -0.15) is 4.98 Å². The van der Waals surface area contributed by atoms with Gasteiger partial charge in [-0.1, -0.05) is 10.4 Å². The van der Waals surface area contributed by atoms with E-state index < -0.39 is 0 Å². The number of nitrogens with zero attached hydrogens (tertiary/aromatic N) is 7. The van der Waals surface area contributed by atoms with Crippen LogP contribution in [-0.4, -0.2) is 61.1 Å². The van der Waals surface area contributed by atoms with Gasteiger partial charge in [0.15, 0.2) is 5.82 Å². The van der Waals surface area contributed by atoms with Gasteiger partial charge in [0.2, 0.25) is 5.89 Å². The number of aromatic nitrogens is 5. The van der Waals surface area contributed by atoms with Crippen LogP contribution in [0, 0.1) is 6.92 Å². The molecule has 1 fully saturated rings. The molecule has 3 rings (SSSR count). The molecule has 8 heteroatoms. The summed E-state index contributed by atoms with van der Waals surface area (Å²) in [6, 6.07) is 0. The topological polar surface area (TPSA) is 76.1 Å². The first-order valence-electron chi connectivity index (χ1n) is 6.78. The highest BCUT2D eigenvalue weighted by molar-refractivity contribution is 4.93. The first kappa shape index (κ1) is 13.2. The maximum atomic E-state index is 4.99. The first-order valence-corrected chi connectivity index (χ1v) is 6.78. The van der Waals surface area contributed by atoms with Gasteiger partial charge in [-0.25, -0.2) is 0 Å². The Balaban J connectivity index is 1.47. The fraction of sp³-hybridized carbons (Fsp3) is 0.667. The summed E-state index contributed by atoms with van der Waals surface area (Å²) in [5, 5.41) is 12.0. The Kier molecular flexibility index (Phi) is 3.75. The van der Waals surface area contributed by atoms with Gasteiger partial charge >= 0.3 is 0 Å². The van der Waals surface area contributed by atoms with Crippen molar-refractivity contribution >= 4 is 0 Å². The summed E-state index contributed by atoms with van der Waals surface area (Å²) in [4.78, 5) is 8.98. The van der Waals surface area contributed by atoms with Crippen molar-refractivity contribution in [2.75, 3.05) is 26.2 Å². The maximum absolute atomic E-state index is 4.99. The van der Waals surface area contributed by atoms with Crippen LogP contribution in [0.3, 0.4) is 0 Å². The molecule has 0 aliphatic carbocycles. The van der Waals surface area contributed by atoms with Crippen LogP contribution in [0.2, 0.25) is 0 Å². The maximum Gasteiger partial charge on any atom is 0.223 e. The van der Waals surface area contributed by atoms with Crippen molar-refractivity contribution in [3.63, 3.8) is 0 Å². The van der Waals surface area contributed by atoms with Gasteiger partial charge in [-0.3, -0.25) is 14.5 Å². The van der Waals surface area contributed by atoms with Gasteiger partial charge in [-0.05, 0) is 0 Å². The van der Waals surface area contributed by atoms with Crippen molar-refractivity contribution in [2.45, 2.75) is 20.0 Å². The lowest BCUT2D eigenvalue weighted by Crippen LogP contribution is -2.45. The Morgan fingerprint density at radius 2 is 1.85 bits per heavy atom. The average molecular weight is 277 g/mol. The first-order chi connectivity index (χ1) is 9.69. The summed E-state index contributed by atoms with van der Waals surface area (Å²) in [5.74, 6) is 1.39. The standard InChI is InChI=1S/C12H19N7O/c1-10-13-12(15-20-10)9-19-5-3-18(4-6-19)8-11-7-17(2)16-14-11/h7H,3-6,8-9H2,1-2H3. The molecule has 0 N–H and O–H groups in total. The molecule has 1 aliphatic rings. The van der Waals surface area contributed by atoms with Crippen LogP contribution in [0.4, 0.5) is 0 Å². The predicted molar refractivity (Wildman–Crippen MR) is 70.6 cm³/mol. The molecule has 8 nitrogen and oxygen atoms in total. The minimum Gasteiger partial charge on any atom is -0.340 e. The van der Waals surface area contributed by atoms with Crippen LogP contribution >= 0.6 is 0 Å². The van der Waals surface area contributed by atoms with Gasteiger partial charge in [0, 0.05) is 52.9 Å². The van der Waals surface area contributed by atoms with Crippen LogP contribution < -0.4 is 0 Å². The van der Waals surface area contributed by atoms with Gasteiger partial charge in [0.1, 0.15) is 0 Å². The molecule has 1 aliphatic heterocycles. The Labute approximate surface area is 117 Å². The highest BCUT2D eigenvalue weighted by Crippen LogP contribution is 2.08. The van der Waals surface area contributed by atoms with Crippen LogP contribution in [0.25, 0.3) is 0 Å². The normalized spacial score (nSPS) is 17.7. The van der Waals surface area contributed by atoms with Gasteiger partial charge in [0.25, 0.3) is 0 Å². The highest BCUT2D eigenvalue weighted by Gasteiger charge is 2.19. The van der Waals surface area contributed by atoms with Crippen LogP contribution in [0.15, 0.2) is 10.7 Å². The second-order valence-electron chi connectivity index (χ2n) is 5.17. The number of aryl methyl sites for hydroxylation is 2. The molecule has 0 spiro atoms. The van der Waals surface area contributed by atoms with Crippen LogP contribution in [0.1, 0.15) is 17.4 Å². The molecule has 0 amide bonds. The number of hydrogen-bond donors (Lipinski definition) is 0. The Bertz CT molecular complexity index is 505. The second kappa shape index (κ2) is 5.68. The van der Waals surface area contributed by atoms with Gasteiger partial charge < -0.3 is 4.52 Å². The lowest BCUT2D eigenvalue weighted by molar-refractivity contribution is 0.118. The zero-order chi connectivity index (χ0) is 13.9. The molecular formula is C12H19N7O. The zero-order valence-corrected chi connectivity index (χ0v) is 11.9. The third kappa shape index (κ3) is 3.20. The van der Waals surface area contributed by atoms with E-state index >= 15 is 0 Å². The van der Waals surface area contributed by atoms with Crippen molar-refractivity contribution in [2.24, 2.45) is 7.05 Å². The minimum absolute atomic E-state index is 0.626. The molecule has 0 bridgehead atoms. The van der Waals surface area contributed by atoms with E-state index in [1.807, 2.05) is 20.2 Å². The quantitative estimate of drug-likeness (QED) is 0.767. The monoisotopic (exact) mass is 277 g/mol. The van der Waals surface area contributed by atoms with Crippen LogP contribution in [-0.2, 0) is 20.1 Å². The zero-order valence-electron chi connectivity index (χ0n) is 11.9. The molecule has 3 heterocycles. The second-order valence-corrected chi connectivity index (χ2v) is 5.17. The molecule has 0 saturated carbocycles. The fourth-order valence-electron chi connectivity index (χ4n) is 2.41. The summed E-state index contributed by atoms with van der Waals surface area (Å²) in [6.45, 7) is 7.50. The third-order valence-corrected chi connectivity index (χ3v) is 3.44. The molecule has 0 unspecified atom stereocenters. The van der Waals surface area contributed by atoms with Gasteiger partial charge in [-0.15, -0.1) is 5.10 Å². The van der Waals surface area contributed by atoms with E-state index in [1.54, 1.807) is 4.68 Å². The molecule has 0 radical (unpaired) electrons. The Hall–Kier alpha value is -1.80. The van der Waals surface area contributed by atoms with E-state index in [0.717, 1.165) is 50.8 Å². The van der Waals surface area contributed by atoms with Crippen molar-refractivity contribution < 1.29 is 4.52 Å². The average Bonchev–Trinajstić information content (AvgIpc) is 3.01. The Morgan fingerprint density at radius 1 is 1.15 bits per heavy atom. The lowest BCUT2D eigenvalue weighted by atomic mass is 10.3. The van der Waals surface area contributed by atoms with Gasteiger partial charge in [0.05, 0.1) is 12.2 Å². The smallest absolute Gasteiger partial charge is 0.223 e. The summed E-state index contributed by atoms with van der Waals surface area (Å²) in [7, 11) is 1.89. The largest absolute Gasteiger partial charge is 0.340 e. The van der Waals surface area contributed by atoms with E-state index in [1.165, 1.54) is 0 Å². The molecule has 108 valence electrons. The molecule has 0 atom stereocenters. The van der Waals surface area contributed by atoms with E-state index in [-0.39, 0.29) is 0 Å². The van der Waals surface area contributed by atoms with E-state index in [9.17, 15) is 0 Å². The predicted octanol–water partition coefficient (Wildman–Crippen LogP) is -0.176. The van der Waals surface area contributed by atoms with Crippen molar-refractivity contribution in [3.05, 3.63) is 23.6 Å². The van der Waals surface area contributed by atoms with E-state index in [0.29, 0.717) is 5.89 Å². The lowest BCUT2D eigenvalue weighted by Gasteiger charge is -2.33. The molecule has 20 heavy (non-hydrogen) atoms. The minimum atomic E-state index is 0.626. The highest BCUT2D eigenvalue weighted by atomic mass is 16.5. The van der Waals surface area contributed by atoms with E-state index in [4.69, 9.17) is 4.52 Å². The molecular weight excluding hydrogens is 258 g/mol.